The number of nitrogens with two attached hydrogens (primary N) is 2. The molecule has 1 unspecified atom stereocenters. The van der Waals surface area contributed by atoms with E-state index in [4.69, 9.17) is 11.5 Å². The number of aryl methyl sites for hydroxylation is 1. The Morgan fingerprint density at radius 2 is 1.92 bits per heavy atom. The monoisotopic (exact) mass is 176 g/mol. The van der Waals surface area contributed by atoms with Crippen molar-refractivity contribution in [2.45, 2.75) is 31.7 Å². The van der Waals surface area contributed by atoms with E-state index in [2.05, 4.69) is 6.07 Å². The van der Waals surface area contributed by atoms with Crippen molar-refractivity contribution in [2.24, 2.45) is 5.73 Å². The predicted molar refractivity (Wildman–Crippen MR) is 55.5 cm³/mol. The van der Waals surface area contributed by atoms with Crippen LogP contribution in [0.2, 0.25) is 0 Å². The molecule has 0 aliphatic heterocycles. The zero-order valence-electron chi connectivity index (χ0n) is 7.79. The molecular weight excluding hydrogens is 160 g/mol. The lowest BCUT2D eigenvalue weighted by Gasteiger charge is -2.07. The number of hydrogen-bond acceptors (Lipinski definition) is 2. The van der Waals surface area contributed by atoms with Crippen LogP contribution in [0.15, 0.2) is 18.2 Å². The summed E-state index contributed by atoms with van der Waals surface area (Å²) in [5.41, 5.74) is 15.5. The maximum Gasteiger partial charge on any atom is 0.0349 e. The van der Waals surface area contributed by atoms with E-state index in [1.807, 2.05) is 12.1 Å². The van der Waals surface area contributed by atoms with Crippen LogP contribution in [-0.2, 0) is 12.8 Å². The van der Waals surface area contributed by atoms with Crippen molar-refractivity contribution in [3.8, 4) is 0 Å². The quantitative estimate of drug-likeness (QED) is 0.464. The van der Waals surface area contributed by atoms with Gasteiger partial charge in [0.1, 0.15) is 0 Å². The highest BCUT2D eigenvalue weighted by Gasteiger charge is 2.14. The fraction of sp³-hybridized carbons (Fsp3) is 0.455. The minimum atomic E-state index is 0.354. The maximum atomic E-state index is 5.92. The molecule has 1 atom stereocenters. The number of nitrogen functional groups attached to an aromatic ring is 1. The van der Waals surface area contributed by atoms with Crippen molar-refractivity contribution in [2.75, 3.05) is 5.73 Å². The van der Waals surface area contributed by atoms with Crippen molar-refractivity contribution in [1.82, 2.24) is 0 Å². The van der Waals surface area contributed by atoms with Crippen molar-refractivity contribution < 1.29 is 0 Å². The Morgan fingerprint density at radius 3 is 2.77 bits per heavy atom. The Morgan fingerprint density at radius 1 is 1.15 bits per heavy atom. The molecule has 2 nitrogen and oxygen atoms in total. The lowest BCUT2D eigenvalue weighted by molar-refractivity contribution is 0.590. The van der Waals surface area contributed by atoms with E-state index in [1.165, 1.54) is 11.1 Å². The SMILES string of the molecule is Nc1cccc2c1CCC(N)CC2. The highest BCUT2D eigenvalue weighted by Crippen LogP contribution is 2.24. The Bertz CT molecular complexity index is 307. The molecular formula is C11H16N2. The van der Waals surface area contributed by atoms with E-state index in [9.17, 15) is 0 Å². The minimum absolute atomic E-state index is 0.354. The first-order valence-electron chi connectivity index (χ1n) is 4.89. The molecule has 1 aliphatic rings. The van der Waals surface area contributed by atoms with E-state index >= 15 is 0 Å². The molecule has 1 aromatic rings. The molecule has 13 heavy (non-hydrogen) atoms. The lowest BCUT2D eigenvalue weighted by atomic mass is 10.0. The van der Waals surface area contributed by atoms with Gasteiger partial charge in [-0.2, -0.15) is 0 Å². The molecule has 2 heteroatoms. The van der Waals surface area contributed by atoms with Gasteiger partial charge in [-0.25, -0.2) is 0 Å². The van der Waals surface area contributed by atoms with Gasteiger partial charge in [0.05, 0.1) is 0 Å². The van der Waals surface area contributed by atoms with E-state index in [-0.39, 0.29) is 0 Å². The minimum Gasteiger partial charge on any atom is -0.398 e. The highest BCUT2D eigenvalue weighted by molar-refractivity contribution is 5.51. The molecule has 0 heterocycles. The molecule has 1 aliphatic carbocycles. The number of benzene rings is 1. The number of fused-ring (bicyclic) bond motifs is 1. The summed E-state index contributed by atoms with van der Waals surface area (Å²) in [6.07, 6.45) is 4.29. The Labute approximate surface area is 78.9 Å². The predicted octanol–water partition coefficient (Wildman–Crippen LogP) is 1.47. The summed E-state index contributed by atoms with van der Waals surface area (Å²) < 4.78 is 0. The van der Waals surface area contributed by atoms with Gasteiger partial charge in [0.25, 0.3) is 0 Å². The van der Waals surface area contributed by atoms with Crippen LogP contribution in [0.1, 0.15) is 24.0 Å². The molecule has 0 bridgehead atoms. The highest BCUT2D eigenvalue weighted by atomic mass is 14.6. The first-order chi connectivity index (χ1) is 6.27. The van der Waals surface area contributed by atoms with E-state index in [1.54, 1.807) is 0 Å². The second-order valence-corrected chi connectivity index (χ2v) is 3.82. The summed E-state index contributed by atoms with van der Waals surface area (Å²) in [4.78, 5) is 0. The normalized spacial score (nSPS) is 22.1. The fourth-order valence-electron chi connectivity index (χ4n) is 2.01. The lowest BCUT2D eigenvalue weighted by Crippen LogP contribution is -2.19. The first-order valence-corrected chi connectivity index (χ1v) is 4.89. The molecule has 4 N–H and O–H groups in total. The summed E-state index contributed by atoms with van der Waals surface area (Å²) in [5.74, 6) is 0. The third kappa shape index (κ3) is 1.68. The Kier molecular flexibility index (Phi) is 2.23. The van der Waals surface area contributed by atoms with Gasteiger partial charge in [-0.1, -0.05) is 12.1 Å². The van der Waals surface area contributed by atoms with Crippen LogP contribution in [0.25, 0.3) is 0 Å². The van der Waals surface area contributed by atoms with Crippen LogP contribution in [-0.4, -0.2) is 6.04 Å². The van der Waals surface area contributed by atoms with Crippen molar-refractivity contribution in [3.05, 3.63) is 29.3 Å². The number of hydrogen-bond donors (Lipinski definition) is 2. The van der Waals surface area contributed by atoms with Crippen LogP contribution in [0.4, 0.5) is 5.69 Å². The standard InChI is InChI=1S/C11H16N2/c12-9-5-4-8-2-1-3-11(13)10(8)7-6-9/h1-3,9H,4-7,12-13H2. The number of rotatable bonds is 0. The van der Waals surface area contributed by atoms with Crippen LogP contribution < -0.4 is 11.5 Å². The van der Waals surface area contributed by atoms with Crippen molar-refractivity contribution in [1.29, 1.82) is 0 Å². The van der Waals surface area contributed by atoms with Gasteiger partial charge in [-0.05, 0) is 42.9 Å². The van der Waals surface area contributed by atoms with Crippen LogP contribution in [0, 0.1) is 0 Å². The zero-order chi connectivity index (χ0) is 9.26. The van der Waals surface area contributed by atoms with Crippen molar-refractivity contribution >= 4 is 5.69 Å². The molecule has 0 saturated heterocycles. The maximum absolute atomic E-state index is 5.92. The van der Waals surface area contributed by atoms with Crippen LogP contribution >= 0.6 is 0 Å². The Balaban J connectivity index is 2.35. The van der Waals surface area contributed by atoms with Gasteiger partial charge in [-0.3, -0.25) is 0 Å². The van der Waals surface area contributed by atoms with Gasteiger partial charge in [0.2, 0.25) is 0 Å². The molecule has 0 amide bonds. The smallest absolute Gasteiger partial charge is 0.0349 e. The molecule has 0 fully saturated rings. The Hall–Kier alpha value is -1.02. The molecule has 0 aromatic heterocycles. The average Bonchev–Trinajstić information content (AvgIpc) is 2.30. The third-order valence-corrected chi connectivity index (χ3v) is 2.86. The van der Waals surface area contributed by atoms with Gasteiger partial charge in [0, 0.05) is 11.7 Å². The largest absolute Gasteiger partial charge is 0.398 e. The van der Waals surface area contributed by atoms with Gasteiger partial charge in [0.15, 0.2) is 0 Å². The second-order valence-electron chi connectivity index (χ2n) is 3.82. The molecule has 0 radical (unpaired) electrons. The van der Waals surface area contributed by atoms with Gasteiger partial charge >= 0.3 is 0 Å². The second kappa shape index (κ2) is 3.38. The van der Waals surface area contributed by atoms with Crippen LogP contribution in [0.5, 0.6) is 0 Å². The summed E-state index contributed by atoms with van der Waals surface area (Å²) in [6.45, 7) is 0. The summed E-state index contributed by atoms with van der Waals surface area (Å²) >= 11 is 0. The summed E-state index contributed by atoms with van der Waals surface area (Å²) in [5, 5.41) is 0. The van der Waals surface area contributed by atoms with E-state index in [0.29, 0.717) is 6.04 Å². The van der Waals surface area contributed by atoms with Crippen LogP contribution in [0.3, 0.4) is 0 Å². The molecule has 0 spiro atoms. The topological polar surface area (TPSA) is 52.0 Å². The van der Waals surface area contributed by atoms with Crippen molar-refractivity contribution in [3.63, 3.8) is 0 Å². The third-order valence-electron chi connectivity index (χ3n) is 2.86. The van der Waals surface area contributed by atoms with E-state index < -0.39 is 0 Å². The summed E-state index contributed by atoms with van der Waals surface area (Å²) in [7, 11) is 0. The molecule has 2 rings (SSSR count). The first kappa shape index (κ1) is 8.57. The zero-order valence-corrected chi connectivity index (χ0v) is 7.79. The molecule has 1 aromatic carbocycles. The average molecular weight is 176 g/mol. The van der Waals surface area contributed by atoms with E-state index in [0.717, 1.165) is 31.4 Å². The fourth-order valence-corrected chi connectivity index (χ4v) is 2.01. The van der Waals surface area contributed by atoms with Gasteiger partial charge < -0.3 is 11.5 Å². The molecule has 70 valence electrons. The molecule has 0 saturated carbocycles. The van der Waals surface area contributed by atoms with Gasteiger partial charge in [-0.15, -0.1) is 0 Å². The number of anilines is 1. The summed E-state index contributed by atoms with van der Waals surface area (Å²) in [6, 6.07) is 6.54.